The molecule has 0 N–H and O–H groups in total. The number of fused-ring (bicyclic) bond motifs is 3. The average Bonchev–Trinajstić information content (AvgIpc) is 3.53. The maximum Gasteiger partial charge on any atom is 2.00 e. The number of hydrogen-bond acceptors (Lipinski definition) is 0. The van der Waals surface area contributed by atoms with Gasteiger partial charge in [0.05, 0.1) is 0 Å². The molecule has 0 spiro atoms. The van der Waals surface area contributed by atoms with Gasteiger partial charge in [-0.1, -0.05) is 142 Å². The maximum absolute atomic E-state index is 2.71. The Kier molecular flexibility index (Phi) is 10.7. The second-order valence-electron chi connectivity index (χ2n) is 17.2. The molecule has 2 atom stereocenters. The molecule has 1 fully saturated rings. The van der Waals surface area contributed by atoms with Crippen LogP contribution in [0.1, 0.15) is 142 Å². The minimum Gasteiger partial charge on any atom is -1.00 e. The molecule has 0 amide bonds. The molecule has 0 aromatic heterocycles. The largest absolute Gasteiger partial charge is 2.00 e. The predicted octanol–water partition coefficient (Wildman–Crippen LogP) is 5.68. The molecular weight excluding hydrogens is 643 g/mol. The summed E-state index contributed by atoms with van der Waals surface area (Å²) in [4.78, 5) is 0. The van der Waals surface area contributed by atoms with E-state index in [-0.39, 0.29) is 72.7 Å². The van der Waals surface area contributed by atoms with Crippen molar-refractivity contribution in [3.63, 3.8) is 0 Å². The van der Waals surface area contributed by atoms with Crippen molar-refractivity contribution < 1.29 is 51.0 Å². The molecule has 0 bridgehead atoms. The third-order valence-corrected chi connectivity index (χ3v) is 11.3. The predicted molar refractivity (Wildman–Crippen MR) is 173 cm³/mol. The molecule has 2 aromatic carbocycles. The summed E-state index contributed by atoms with van der Waals surface area (Å²) in [6.07, 6.45) is 12.4. The van der Waals surface area contributed by atoms with E-state index in [0.29, 0.717) is 5.92 Å². The molecule has 0 aliphatic heterocycles. The fourth-order valence-corrected chi connectivity index (χ4v) is 8.79. The zero-order valence-corrected chi connectivity index (χ0v) is 32.4. The summed E-state index contributed by atoms with van der Waals surface area (Å²) in [5.41, 5.74) is 14.9. The van der Waals surface area contributed by atoms with Crippen LogP contribution in [-0.4, -0.2) is 0 Å². The summed E-state index contributed by atoms with van der Waals surface area (Å²) in [7, 11) is 0. The van der Waals surface area contributed by atoms with Gasteiger partial charge in [0, 0.05) is 11.3 Å². The Morgan fingerprint density at radius 2 is 1.16 bits per heavy atom. The molecule has 4 aliphatic rings. The van der Waals surface area contributed by atoms with Crippen LogP contribution in [0.4, 0.5) is 0 Å². The fourth-order valence-electron chi connectivity index (χ4n) is 8.79. The topological polar surface area (TPSA) is 0 Å². The van der Waals surface area contributed by atoms with Crippen molar-refractivity contribution in [2.75, 3.05) is 0 Å². The number of allylic oxidation sites excluding steroid dienone is 4. The average molecular weight is 697 g/mol. The second kappa shape index (κ2) is 12.5. The molecule has 2 unspecified atom stereocenters. The summed E-state index contributed by atoms with van der Waals surface area (Å²) in [6.45, 7) is 24.2. The fraction of sp³-hybridized carbons (Fsp3) is 0.600. The Labute approximate surface area is 295 Å². The van der Waals surface area contributed by atoms with Crippen LogP contribution in [0.2, 0.25) is 0 Å². The summed E-state index contributed by atoms with van der Waals surface area (Å²) in [5.74, 6) is 2.03. The van der Waals surface area contributed by atoms with Crippen LogP contribution in [-0.2, 0) is 37.0 Å². The third kappa shape index (κ3) is 6.37. The van der Waals surface area contributed by atoms with E-state index in [0.717, 1.165) is 11.8 Å². The zero-order valence-electron chi connectivity index (χ0n) is 28.5. The van der Waals surface area contributed by atoms with E-state index >= 15 is 0 Å². The standard InChI is InChI=1S/C40H54.2ClH.Zr/c1-37(2,3)26-16-18-29-30-19-17-27(38(4,5)6)21-33(30)36(32(29)20-26)40(10)24-34(25-14-12-11-13-15-25)31-22-28(23-35(31)40)39(7,8)9;;;/h16-21,23,25,34,36H,11-15,22,24H2,1-10H3;2*1H;/q;;;+2/p-2. The summed E-state index contributed by atoms with van der Waals surface area (Å²) >= 11 is 0. The van der Waals surface area contributed by atoms with E-state index in [9.17, 15) is 0 Å². The molecule has 0 saturated heterocycles. The Morgan fingerprint density at radius 1 is 0.674 bits per heavy atom. The Morgan fingerprint density at radius 3 is 1.60 bits per heavy atom. The van der Waals surface area contributed by atoms with Crippen LogP contribution >= 0.6 is 0 Å². The Hall–Kier alpha value is -0.617. The van der Waals surface area contributed by atoms with Gasteiger partial charge < -0.3 is 24.8 Å². The molecule has 43 heavy (non-hydrogen) atoms. The van der Waals surface area contributed by atoms with Crippen molar-refractivity contribution in [3.8, 4) is 11.1 Å². The normalized spacial score (nSPS) is 24.0. The van der Waals surface area contributed by atoms with Gasteiger partial charge in [0.1, 0.15) is 0 Å². The van der Waals surface area contributed by atoms with E-state index in [2.05, 4.69) is 112 Å². The molecule has 1 saturated carbocycles. The first-order valence-electron chi connectivity index (χ1n) is 16.3. The van der Waals surface area contributed by atoms with Crippen molar-refractivity contribution >= 4 is 0 Å². The van der Waals surface area contributed by atoms with Gasteiger partial charge in [-0.25, -0.2) is 0 Å². The van der Waals surface area contributed by atoms with Crippen LogP contribution in [0.5, 0.6) is 0 Å². The van der Waals surface area contributed by atoms with Gasteiger partial charge in [-0.05, 0) is 92.7 Å². The van der Waals surface area contributed by atoms with Gasteiger partial charge in [0.25, 0.3) is 0 Å². The van der Waals surface area contributed by atoms with E-state index in [1.807, 2.05) is 5.57 Å². The van der Waals surface area contributed by atoms with Crippen LogP contribution < -0.4 is 24.8 Å². The molecule has 6 rings (SSSR count). The molecule has 0 heterocycles. The van der Waals surface area contributed by atoms with Crippen LogP contribution in [0, 0.1) is 22.7 Å². The van der Waals surface area contributed by atoms with E-state index < -0.39 is 0 Å². The number of benzene rings is 2. The van der Waals surface area contributed by atoms with Gasteiger partial charge in [0.15, 0.2) is 0 Å². The van der Waals surface area contributed by atoms with Gasteiger partial charge in [-0.3, -0.25) is 0 Å². The molecular formula is C40H54Cl2Zr. The first-order valence-corrected chi connectivity index (χ1v) is 16.3. The SMILES string of the molecule is CC(C)(C)C1=CC2=C(C1)C(C1CCCCC1)CC2(C)C1c2cc(C(C)(C)C)ccc2-c2ccc(C(C)(C)C)cc21.[Cl-].[Cl-].[Zr+2]. The number of hydrogen-bond donors (Lipinski definition) is 0. The van der Waals surface area contributed by atoms with Gasteiger partial charge >= 0.3 is 26.2 Å². The van der Waals surface area contributed by atoms with Crippen LogP contribution in [0.15, 0.2) is 59.2 Å². The minimum absolute atomic E-state index is 0. The van der Waals surface area contributed by atoms with Crippen molar-refractivity contribution in [1.29, 1.82) is 0 Å². The van der Waals surface area contributed by atoms with E-state index in [1.165, 1.54) is 67.2 Å². The van der Waals surface area contributed by atoms with Gasteiger partial charge in [-0.2, -0.15) is 0 Å². The Bertz CT molecular complexity index is 1340. The molecule has 0 nitrogen and oxygen atoms in total. The Balaban J connectivity index is 0.00000169. The molecule has 4 aliphatic carbocycles. The monoisotopic (exact) mass is 694 g/mol. The molecule has 2 aromatic rings. The third-order valence-electron chi connectivity index (χ3n) is 11.3. The van der Waals surface area contributed by atoms with E-state index in [1.54, 1.807) is 22.3 Å². The van der Waals surface area contributed by atoms with Gasteiger partial charge in [0.2, 0.25) is 0 Å². The summed E-state index contributed by atoms with van der Waals surface area (Å²) in [5, 5.41) is 0. The smallest absolute Gasteiger partial charge is 1.00 e. The van der Waals surface area contributed by atoms with Gasteiger partial charge in [-0.15, -0.1) is 0 Å². The van der Waals surface area contributed by atoms with E-state index in [4.69, 9.17) is 0 Å². The van der Waals surface area contributed by atoms with Crippen molar-refractivity contribution in [2.24, 2.45) is 22.7 Å². The molecule has 0 radical (unpaired) electrons. The molecule has 3 heteroatoms. The minimum atomic E-state index is 0. The number of halogens is 2. The van der Waals surface area contributed by atoms with Crippen molar-refractivity contribution in [2.45, 2.75) is 131 Å². The molecule has 232 valence electrons. The summed E-state index contributed by atoms with van der Waals surface area (Å²) < 4.78 is 0. The first-order chi connectivity index (χ1) is 18.6. The van der Waals surface area contributed by atoms with Crippen LogP contribution in [0.3, 0.4) is 0 Å². The van der Waals surface area contributed by atoms with Crippen LogP contribution in [0.25, 0.3) is 11.1 Å². The number of rotatable bonds is 2. The first kappa shape index (κ1) is 36.8. The summed E-state index contributed by atoms with van der Waals surface area (Å²) in [6, 6.07) is 15.0. The zero-order chi connectivity index (χ0) is 28.8. The van der Waals surface area contributed by atoms with Crippen molar-refractivity contribution in [3.05, 3.63) is 81.4 Å². The quantitative estimate of drug-likeness (QED) is 0.380. The van der Waals surface area contributed by atoms with Crippen molar-refractivity contribution in [1.82, 2.24) is 0 Å². The second-order valence-corrected chi connectivity index (χ2v) is 17.2. The maximum atomic E-state index is 2.71.